The minimum atomic E-state index is -0.609. The topological polar surface area (TPSA) is 53.6 Å². The quantitative estimate of drug-likeness (QED) is 0.899. The maximum atomic E-state index is 13.5. The summed E-state index contributed by atoms with van der Waals surface area (Å²) in [4.78, 5) is 0. The van der Waals surface area contributed by atoms with Gasteiger partial charge in [0.1, 0.15) is 11.9 Å². The van der Waals surface area contributed by atoms with E-state index in [2.05, 4.69) is 16.5 Å². The van der Waals surface area contributed by atoms with Crippen molar-refractivity contribution in [1.82, 2.24) is 9.78 Å². The van der Waals surface area contributed by atoms with Crippen molar-refractivity contribution >= 4 is 5.69 Å². The molecule has 1 N–H and O–H groups in total. The van der Waals surface area contributed by atoms with Crippen LogP contribution < -0.4 is 5.32 Å². The first-order chi connectivity index (χ1) is 8.74. The molecule has 0 aliphatic heterocycles. The molecule has 0 fully saturated rings. The van der Waals surface area contributed by atoms with Crippen molar-refractivity contribution in [2.24, 2.45) is 0 Å². The van der Waals surface area contributed by atoms with Gasteiger partial charge >= 0.3 is 0 Å². The number of halogens is 1. The van der Waals surface area contributed by atoms with Crippen LogP contribution in [0.2, 0.25) is 0 Å². The van der Waals surface area contributed by atoms with Gasteiger partial charge in [0, 0.05) is 18.3 Å². The lowest BCUT2D eigenvalue weighted by atomic mass is 10.1. The van der Waals surface area contributed by atoms with E-state index in [-0.39, 0.29) is 5.82 Å². The predicted molar refractivity (Wildman–Crippen MR) is 66.3 cm³/mol. The fourth-order valence-electron chi connectivity index (χ4n) is 1.63. The molecule has 0 amide bonds. The molecule has 2 rings (SSSR count). The summed E-state index contributed by atoms with van der Waals surface area (Å²) in [5.74, 6) is -0.374. The molecule has 1 aromatic carbocycles. The Hall–Kier alpha value is -2.35. The molecule has 5 heteroatoms. The van der Waals surface area contributed by atoms with Gasteiger partial charge in [-0.05, 0) is 19.1 Å². The van der Waals surface area contributed by atoms with E-state index in [0.717, 1.165) is 12.1 Å². The van der Waals surface area contributed by atoms with Crippen molar-refractivity contribution in [3.63, 3.8) is 0 Å². The summed E-state index contributed by atoms with van der Waals surface area (Å²) in [7, 11) is 0. The van der Waals surface area contributed by atoms with E-state index in [1.807, 2.05) is 6.92 Å². The normalized spacial score (nSPS) is 11.8. The molecule has 1 unspecified atom stereocenters. The van der Waals surface area contributed by atoms with E-state index in [0.29, 0.717) is 5.69 Å². The predicted octanol–water partition coefficient (Wildman–Crippen LogP) is 2.72. The average molecular weight is 244 g/mol. The van der Waals surface area contributed by atoms with Crippen LogP contribution in [0.15, 0.2) is 36.7 Å². The van der Waals surface area contributed by atoms with Gasteiger partial charge in [0.05, 0.1) is 18.0 Å². The number of para-hydroxylation sites is 1. The lowest BCUT2D eigenvalue weighted by Gasteiger charge is -2.11. The number of nitriles is 1. The van der Waals surface area contributed by atoms with E-state index in [9.17, 15) is 4.39 Å². The Balaban J connectivity index is 2.20. The minimum Gasteiger partial charge on any atom is -0.364 e. The molecule has 1 aromatic heterocycles. The Kier molecular flexibility index (Phi) is 3.58. The highest BCUT2D eigenvalue weighted by Gasteiger charge is 2.14. The van der Waals surface area contributed by atoms with Gasteiger partial charge < -0.3 is 5.32 Å². The molecule has 2 aromatic rings. The third kappa shape index (κ3) is 2.48. The van der Waals surface area contributed by atoms with Crippen molar-refractivity contribution in [3.8, 4) is 6.07 Å². The minimum absolute atomic E-state index is 0.313. The highest BCUT2D eigenvalue weighted by atomic mass is 19.1. The number of rotatable bonds is 4. The van der Waals surface area contributed by atoms with Crippen LogP contribution in [0.1, 0.15) is 18.5 Å². The van der Waals surface area contributed by atoms with Gasteiger partial charge in [-0.1, -0.05) is 12.1 Å². The first-order valence-electron chi connectivity index (χ1n) is 5.67. The van der Waals surface area contributed by atoms with Gasteiger partial charge in [0.25, 0.3) is 0 Å². The third-order valence-corrected chi connectivity index (χ3v) is 2.61. The van der Waals surface area contributed by atoms with Crippen LogP contribution in [0.4, 0.5) is 10.1 Å². The molecule has 1 atom stereocenters. The lowest BCUT2D eigenvalue weighted by molar-refractivity contribution is 0.629. The first kappa shape index (κ1) is 12.1. The molecule has 0 aliphatic rings. The van der Waals surface area contributed by atoms with Crippen molar-refractivity contribution in [2.45, 2.75) is 19.5 Å². The van der Waals surface area contributed by atoms with Crippen molar-refractivity contribution < 1.29 is 4.39 Å². The molecule has 18 heavy (non-hydrogen) atoms. The second-order valence-corrected chi connectivity index (χ2v) is 3.82. The molecule has 1 heterocycles. The van der Waals surface area contributed by atoms with E-state index in [4.69, 9.17) is 5.26 Å². The maximum absolute atomic E-state index is 13.5. The molecular formula is C13H13FN4. The molecule has 0 spiro atoms. The van der Waals surface area contributed by atoms with Crippen LogP contribution in [-0.4, -0.2) is 9.78 Å². The van der Waals surface area contributed by atoms with Crippen molar-refractivity contribution in [3.05, 3.63) is 48.0 Å². The zero-order chi connectivity index (χ0) is 13.0. The zero-order valence-corrected chi connectivity index (χ0v) is 9.97. The standard InChI is InChI=1S/C13H13FN4/c1-2-18-9-10(8-16-18)13(7-15)17-12-6-4-3-5-11(12)14/h3-6,8-9,13,17H,2H2,1H3. The van der Waals surface area contributed by atoms with Gasteiger partial charge in [-0.3, -0.25) is 4.68 Å². The summed E-state index contributed by atoms with van der Waals surface area (Å²) in [5.41, 5.74) is 1.04. The molecule has 0 bridgehead atoms. The number of nitrogens with zero attached hydrogens (tertiary/aromatic N) is 3. The van der Waals surface area contributed by atoms with Crippen LogP contribution in [-0.2, 0) is 6.54 Å². The molecule has 0 radical (unpaired) electrons. The maximum Gasteiger partial charge on any atom is 0.146 e. The fraction of sp³-hybridized carbons (Fsp3) is 0.231. The zero-order valence-electron chi connectivity index (χ0n) is 9.97. The smallest absolute Gasteiger partial charge is 0.146 e. The summed E-state index contributed by atoms with van der Waals surface area (Å²) in [5, 5.41) is 16.1. The molecule has 4 nitrogen and oxygen atoms in total. The average Bonchev–Trinajstić information content (AvgIpc) is 2.86. The fourth-order valence-corrected chi connectivity index (χ4v) is 1.63. The summed E-state index contributed by atoms with van der Waals surface area (Å²) >= 11 is 0. The number of hydrogen-bond donors (Lipinski definition) is 1. The van der Waals surface area contributed by atoms with Crippen LogP contribution in [0.5, 0.6) is 0 Å². The van der Waals surface area contributed by atoms with Crippen LogP contribution in [0, 0.1) is 17.1 Å². The van der Waals surface area contributed by atoms with Crippen molar-refractivity contribution in [2.75, 3.05) is 5.32 Å². The second kappa shape index (κ2) is 5.32. The van der Waals surface area contributed by atoms with Crippen molar-refractivity contribution in [1.29, 1.82) is 5.26 Å². The molecule has 0 saturated carbocycles. The third-order valence-electron chi connectivity index (χ3n) is 2.61. The highest BCUT2D eigenvalue weighted by molar-refractivity contribution is 5.48. The molecule has 92 valence electrons. The van der Waals surface area contributed by atoms with Gasteiger partial charge in [-0.25, -0.2) is 4.39 Å². The number of hydrogen-bond acceptors (Lipinski definition) is 3. The van der Waals surface area contributed by atoms with Gasteiger partial charge in [-0.15, -0.1) is 0 Å². The van der Waals surface area contributed by atoms with Crippen LogP contribution in [0.25, 0.3) is 0 Å². The summed E-state index contributed by atoms with van der Waals surface area (Å²) < 4.78 is 15.2. The lowest BCUT2D eigenvalue weighted by Crippen LogP contribution is -2.09. The molecule has 0 aliphatic carbocycles. The summed E-state index contributed by atoms with van der Waals surface area (Å²) in [6.45, 7) is 2.69. The Bertz CT molecular complexity index is 570. The summed E-state index contributed by atoms with van der Waals surface area (Å²) in [6.07, 6.45) is 3.40. The van der Waals surface area contributed by atoms with Crippen LogP contribution >= 0.6 is 0 Å². The Morgan fingerprint density at radius 1 is 1.50 bits per heavy atom. The van der Waals surface area contributed by atoms with Gasteiger partial charge in [-0.2, -0.15) is 10.4 Å². The number of aryl methyl sites for hydroxylation is 1. The number of aromatic nitrogens is 2. The largest absolute Gasteiger partial charge is 0.364 e. The second-order valence-electron chi connectivity index (χ2n) is 3.82. The van der Waals surface area contributed by atoms with E-state index in [1.165, 1.54) is 6.07 Å². The number of anilines is 1. The molecule has 0 saturated heterocycles. The number of nitrogens with one attached hydrogen (secondary N) is 1. The number of benzene rings is 1. The Labute approximate surface area is 105 Å². The molecular weight excluding hydrogens is 231 g/mol. The summed E-state index contributed by atoms with van der Waals surface area (Å²) in [6, 6.07) is 7.77. The van der Waals surface area contributed by atoms with E-state index in [1.54, 1.807) is 35.3 Å². The Morgan fingerprint density at radius 3 is 2.89 bits per heavy atom. The van der Waals surface area contributed by atoms with Gasteiger partial charge in [0.15, 0.2) is 0 Å². The Morgan fingerprint density at radius 2 is 2.28 bits per heavy atom. The van der Waals surface area contributed by atoms with E-state index < -0.39 is 6.04 Å². The first-order valence-corrected chi connectivity index (χ1v) is 5.67. The van der Waals surface area contributed by atoms with E-state index >= 15 is 0 Å². The SMILES string of the molecule is CCn1cc(C(C#N)Nc2ccccc2F)cn1. The van der Waals surface area contributed by atoms with Gasteiger partial charge in [0.2, 0.25) is 0 Å². The monoisotopic (exact) mass is 244 g/mol. The van der Waals surface area contributed by atoms with Crippen LogP contribution in [0.3, 0.4) is 0 Å². The highest BCUT2D eigenvalue weighted by Crippen LogP contribution is 2.20.